The van der Waals surface area contributed by atoms with Gasteiger partial charge in [0.05, 0.1) is 13.2 Å². The van der Waals surface area contributed by atoms with Crippen molar-refractivity contribution < 1.29 is 14.3 Å². The van der Waals surface area contributed by atoms with E-state index in [1.165, 1.54) is 7.11 Å². The van der Waals surface area contributed by atoms with E-state index in [0.29, 0.717) is 0 Å². The standard InChI is InChI=1S/C11H23N3O3/c1-9(8-14-3-5-17-6-4-14)13-11(15)10(7-12)16-2/h9-10H,3-8,12H2,1-2H3,(H,13,15). The Kier molecular flexibility index (Phi) is 6.43. The van der Waals surface area contributed by atoms with Crippen molar-refractivity contribution in [1.29, 1.82) is 0 Å². The Morgan fingerprint density at radius 3 is 2.71 bits per heavy atom. The number of morpholine rings is 1. The van der Waals surface area contributed by atoms with Gasteiger partial charge in [-0.25, -0.2) is 0 Å². The van der Waals surface area contributed by atoms with Gasteiger partial charge in [-0.05, 0) is 6.92 Å². The molecule has 0 spiro atoms. The van der Waals surface area contributed by atoms with E-state index >= 15 is 0 Å². The van der Waals surface area contributed by atoms with E-state index < -0.39 is 6.10 Å². The number of methoxy groups -OCH3 is 1. The Labute approximate surface area is 102 Å². The summed E-state index contributed by atoms with van der Waals surface area (Å²) in [6.07, 6.45) is -0.554. The lowest BCUT2D eigenvalue weighted by Crippen LogP contribution is -2.49. The van der Waals surface area contributed by atoms with Crippen LogP contribution >= 0.6 is 0 Å². The molecule has 1 aliphatic rings. The molecule has 0 bridgehead atoms. The molecule has 0 aromatic rings. The summed E-state index contributed by atoms with van der Waals surface area (Å²) in [5, 5.41) is 2.90. The fraction of sp³-hybridized carbons (Fsp3) is 0.909. The van der Waals surface area contributed by atoms with Gasteiger partial charge < -0.3 is 20.5 Å². The van der Waals surface area contributed by atoms with E-state index in [1.54, 1.807) is 0 Å². The van der Waals surface area contributed by atoms with Crippen LogP contribution in [0.1, 0.15) is 6.92 Å². The Morgan fingerprint density at radius 2 is 2.18 bits per heavy atom. The summed E-state index contributed by atoms with van der Waals surface area (Å²) in [6, 6.07) is 0.0878. The average molecular weight is 245 g/mol. The third kappa shape index (κ3) is 4.99. The second-order valence-electron chi connectivity index (χ2n) is 4.28. The number of nitrogens with two attached hydrogens (primary N) is 1. The van der Waals surface area contributed by atoms with Gasteiger partial charge in [-0.15, -0.1) is 0 Å². The predicted molar refractivity (Wildman–Crippen MR) is 64.7 cm³/mol. The highest BCUT2D eigenvalue weighted by Gasteiger charge is 2.19. The van der Waals surface area contributed by atoms with E-state index in [9.17, 15) is 4.79 Å². The number of nitrogens with zero attached hydrogens (tertiary/aromatic N) is 1. The molecule has 2 atom stereocenters. The lowest BCUT2D eigenvalue weighted by Gasteiger charge is -2.29. The van der Waals surface area contributed by atoms with Crippen molar-refractivity contribution >= 4 is 5.91 Å². The Morgan fingerprint density at radius 1 is 1.53 bits per heavy atom. The van der Waals surface area contributed by atoms with Crippen molar-refractivity contribution in [2.24, 2.45) is 5.73 Å². The molecule has 1 heterocycles. The second kappa shape index (κ2) is 7.60. The first-order valence-corrected chi connectivity index (χ1v) is 6.00. The molecule has 6 nitrogen and oxygen atoms in total. The average Bonchev–Trinajstić information content (AvgIpc) is 2.31. The fourth-order valence-electron chi connectivity index (χ4n) is 1.86. The van der Waals surface area contributed by atoms with Gasteiger partial charge in [0, 0.05) is 39.3 Å². The summed E-state index contributed by atoms with van der Waals surface area (Å²) in [5.74, 6) is -0.143. The molecule has 1 fully saturated rings. The number of carbonyl (C=O) groups excluding carboxylic acids is 1. The lowest BCUT2D eigenvalue weighted by molar-refractivity contribution is -0.131. The van der Waals surface area contributed by atoms with E-state index in [1.807, 2.05) is 6.92 Å². The van der Waals surface area contributed by atoms with Crippen LogP contribution in [0.15, 0.2) is 0 Å². The quantitative estimate of drug-likeness (QED) is 0.614. The predicted octanol–water partition coefficient (Wildman–Crippen LogP) is -1.20. The first-order valence-electron chi connectivity index (χ1n) is 6.00. The molecule has 1 saturated heterocycles. The zero-order valence-corrected chi connectivity index (χ0v) is 10.6. The highest BCUT2D eigenvalue weighted by atomic mass is 16.5. The van der Waals surface area contributed by atoms with Crippen molar-refractivity contribution in [3.8, 4) is 0 Å². The van der Waals surface area contributed by atoms with E-state index in [0.717, 1.165) is 32.8 Å². The van der Waals surface area contributed by atoms with Crippen LogP contribution in [0.25, 0.3) is 0 Å². The minimum absolute atomic E-state index is 0.0878. The molecular formula is C11H23N3O3. The normalized spacial score (nSPS) is 20.9. The van der Waals surface area contributed by atoms with Crippen molar-refractivity contribution in [1.82, 2.24) is 10.2 Å². The first kappa shape index (κ1) is 14.4. The molecule has 0 aromatic heterocycles. The third-order valence-electron chi connectivity index (χ3n) is 2.82. The molecule has 2 unspecified atom stereocenters. The van der Waals surface area contributed by atoms with Crippen LogP contribution in [0.5, 0.6) is 0 Å². The van der Waals surface area contributed by atoms with Gasteiger partial charge >= 0.3 is 0 Å². The molecule has 1 amide bonds. The summed E-state index contributed by atoms with van der Waals surface area (Å²) >= 11 is 0. The summed E-state index contributed by atoms with van der Waals surface area (Å²) < 4.78 is 10.3. The molecule has 0 aromatic carbocycles. The highest BCUT2D eigenvalue weighted by molar-refractivity contribution is 5.81. The van der Waals surface area contributed by atoms with Crippen molar-refractivity contribution in [2.45, 2.75) is 19.1 Å². The number of rotatable bonds is 6. The molecule has 17 heavy (non-hydrogen) atoms. The number of carbonyl (C=O) groups is 1. The molecule has 0 aliphatic carbocycles. The summed E-state index contributed by atoms with van der Waals surface area (Å²) in [5.41, 5.74) is 5.43. The number of hydrogen-bond acceptors (Lipinski definition) is 5. The van der Waals surface area contributed by atoms with Crippen molar-refractivity contribution in [2.75, 3.05) is 46.5 Å². The van der Waals surface area contributed by atoms with Gasteiger partial charge in [-0.2, -0.15) is 0 Å². The van der Waals surface area contributed by atoms with E-state index in [2.05, 4.69) is 10.2 Å². The van der Waals surface area contributed by atoms with Crippen molar-refractivity contribution in [3.63, 3.8) is 0 Å². The van der Waals surface area contributed by atoms with Gasteiger partial charge in [-0.1, -0.05) is 0 Å². The minimum atomic E-state index is -0.554. The first-order chi connectivity index (χ1) is 8.17. The number of amides is 1. The maximum absolute atomic E-state index is 11.7. The maximum Gasteiger partial charge on any atom is 0.250 e. The molecule has 3 N–H and O–H groups in total. The van der Waals surface area contributed by atoms with Gasteiger partial charge in [0.25, 0.3) is 5.91 Å². The van der Waals surface area contributed by atoms with Crippen molar-refractivity contribution in [3.05, 3.63) is 0 Å². The summed E-state index contributed by atoms with van der Waals surface area (Å²) in [7, 11) is 1.49. The third-order valence-corrected chi connectivity index (χ3v) is 2.82. The molecule has 100 valence electrons. The number of nitrogens with one attached hydrogen (secondary N) is 1. The fourth-order valence-corrected chi connectivity index (χ4v) is 1.86. The number of hydrogen-bond donors (Lipinski definition) is 2. The Balaban J connectivity index is 2.27. The van der Waals surface area contributed by atoms with E-state index in [4.69, 9.17) is 15.2 Å². The molecule has 0 radical (unpaired) electrons. The molecule has 0 saturated carbocycles. The monoisotopic (exact) mass is 245 g/mol. The minimum Gasteiger partial charge on any atom is -0.379 e. The zero-order valence-electron chi connectivity index (χ0n) is 10.6. The van der Waals surface area contributed by atoms with Crippen LogP contribution in [0.2, 0.25) is 0 Å². The van der Waals surface area contributed by atoms with Gasteiger partial charge in [0.15, 0.2) is 0 Å². The van der Waals surface area contributed by atoms with Crippen LogP contribution < -0.4 is 11.1 Å². The Hall–Kier alpha value is -0.690. The SMILES string of the molecule is COC(CN)C(=O)NC(C)CN1CCOCC1. The molecule has 1 rings (SSSR count). The summed E-state index contributed by atoms with van der Waals surface area (Å²) in [6.45, 7) is 6.39. The maximum atomic E-state index is 11.7. The molecular weight excluding hydrogens is 222 g/mol. The second-order valence-corrected chi connectivity index (χ2v) is 4.28. The molecule has 6 heteroatoms. The van der Waals surface area contributed by atoms with Gasteiger partial charge in [0.1, 0.15) is 6.10 Å². The van der Waals surface area contributed by atoms with Crippen LogP contribution in [-0.2, 0) is 14.3 Å². The van der Waals surface area contributed by atoms with E-state index in [-0.39, 0.29) is 18.5 Å². The Bertz CT molecular complexity index is 228. The smallest absolute Gasteiger partial charge is 0.250 e. The van der Waals surface area contributed by atoms with Gasteiger partial charge in [0.2, 0.25) is 0 Å². The summed E-state index contributed by atoms with van der Waals surface area (Å²) in [4.78, 5) is 14.0. The molecule has 1 aliphatic heterocycles. The van der Waals surface area contributed by atoms with Crippen LogP contribution in [0.4, 0.5) is 0 Å². The van der Waals surface area contributed by atoms with Crippen LogP contribution in [0, 0.1) is 0 Å². The zero-order chi connectivity index (χ0) is 12.7. The lowest BCUT2D eigenvalue weighted by atomic mass is 10.2. The van der Waals surface area contributed by atoms with Crippen LogP contribution in [0.3, 0.4) is 0 Å². The highest BCUT2D eigenvalue weighted by Crippen LogP contribution is 1.99. The largest absolute Gasteiger partial charge is 0.379 e. The van der Waals surface area contributed by atoms with Gasteiger partial charge in [-0.3, -0.25) is 9.69 Å². The van der Waals surface area contributed by atoms with Crippen LogP contribution in [-0.4, -0.2) is 69.5 Å². The number of ether oxygens (including phenoxy) is 2. The topological polar surface area (TPSA) is 76.8 Å².